The lowest BCUT2D eigenvalue weighted by Gasteiger charge is -2.08. The number of carbonyl (C=O) groups is 1. The molecule has 0 aliphatic carbocycles. The van der Waals surface area contributed by atoms with E-state index >= 15 is 0 Å². The van der Waals surface area contributed by atoms with E-state index in [0.717, 1.165) is 5.69 Å². The molecular weight excluding hydrogens is 256 g/mol. The van der Waals surface area contributed by atoms with Crippen LogP contribution in [0.5, 0.6) is 0 Å². The van der Waals surface area contributed by atoms with Crippen molar-refractivity contribution in [3.63, 3.8) is 0 Å². The van der Waals surface area contributed by atoms with Crippen molar-refractivity contribution in [2.45, 2.75) is 19.9 Å². The van der Waals surface area contributed by atoms with E-state index in [1.165, 1.54) is 7.11 Å². The molecule has 2 aromatic heterocycles. The molecule has 0 spiro atoms. The SMILES string of the molecule is COC(=O)c1ccc(C(C)n2cc(Cl)c(C)n2)o1. The maximum Gasteiger partial charge on any atom is 0.373 e. The van der Waals surface area contributed by atoms with Crippen LogP contribution < -0.4 is 0 Å². The van der Waals surface area contributed by atoms with Gasteiger partial charge in [0.1, 0.15) is 11.8 Å². The second-order valence-electron chi connectivity index (χ2n) is 3.91. The van der Waals surface area contributed by atoms with Gasteiger partial charge >= 0.3 is 5.97 Å². The second kappa shape index (κ2) is 4.86. The second-order valence-corrected chi connectivity index (χ2v) is 4.32. The van der Waals surface area contributed by atoms with E-state index in [1.807, 2.05) is 13.8 Å². The van der Waals surface area contributed by atoms with Crippen molar-refractivity contribution >= 4 is 17.6 Å². The highest BCUT2D eigenvalue weighted by molar-refractivity contribution is 6.31. The van der Waals surface area contributed by atoms with Crippen molar-refractivity contribution in [1.29, 1.82) is 0 Å². The van der Waals surface area contributed by atoms with Crippen molar-refractivity contribution < 1.29 is 13.9 Å². The third-order valence-corrected chi connectivity index (χ3v) is 3.05. The third kappa shape index (κ3) is 2.26. The number of halogens is 1. The van der Waals surface area contributed by atoms with Gasteiger partial charge in [-0.15, -0.1) is 0 Å². The molecule has 2 rings (SSSR count). The zero-order chi connectivity index (χ0) is 13.3. The van der Waals surface area contributed by atoms with Crippen LogP contribution in [0.2, 0.25) is 5.02 Å². The predicted molar refractivity (Wildman–Crippen MR) is 65.8 cm³/mol. The molecule has 0 amide bonds. The number of esters is 1. The van der Waals surface area contributed by atoms with Crippen LogP contribution in [0.25, 0.3) is 0 Å². The largest absolute Gasteiger partial charge is 0.463 e. The van der Waals surface area contributed by atoms with Crippen LogP contribution in [0.4, 0.5) is 0 Å². The first kappa shape index (κ1) is 12.7. The molecular formula is C12H13ClN2O3. The molecule has 0 saturated heterocycles. The number of aryl methyl sites for hydroxylation is 1. The van der Waals surface area contributed by atoms with Crippen LogP contribution in [0.1, 0.15) is 35.0 Å². The highest BCUT2D eigenvalue weighted by Crippen LogP contribution is 2.23. The molecule has 2 aromatic rings. The number of ether oxygens (including phenoxy) is 1. The van der Waals surface area contributed by atoms with Crippen molar-refractivity contribution in [2.24, 2.45) is 0 Å². The zero-order valence-electron chi connectivity index (χ0n) is 10.3. The standard InChI is InChI=1S/C12H13ClN2O3/c1-7-9(13)6-15(14-7)8(2)10-4-5-11(18-10)12(16)17-3/h4-6,8H,1-3H3. The summed E-state index contributed by atoms with van der Waals surface area (Å²) >= 11 is 5.95. The Morgan fingerprint density at radius 2 is 2.28 bits per heavy atom. The van der Waals surface area contributed by atoms with Crippen LogP contribution in [-0.4, -0.2) is 22.9 Å². The summed E-state index contributed by atoms with van der Waals surface area (Å²) in [6.07, 6.45) is 1.72. The fourth-order valence-electron chi connectivity index (χ4n) is 1.58. The summed E-state index contributed by atoms with van der Waals surface area (Å²) in [6, 6.07) is 3.16. The van der Waals surface area contributed by atoms with Gasteiger partial charge in [-0.2, -0.15) is 5.10 Å². The van der Waals surface area contributed by atoms with Crippen LogP contribution in [-0.2, 0) is 4.74 Å². The smallest absolute Gasteiger partial charge is 0.373 e. The molecule has 96 valence electrons. The molecule has 0 aromatic carbocycles. The summed E-state index contributed by atoms with van der Waals surface area (Å²) in [4.78, 5) is 11.3. The minimum Gasteiger partial charge on any atom is -0.463 e. The summed E-state index contributed by atoms with van der Waals surface area (Å²) in [6.45, 7) is 3.73. The molecule has 0 fully saturated rings. The maximum atomic E-state index is 11.3. The molecule has 0 N–H and O–H groups in total. The Morgan fingerprint density at radius 3 is 2.83 bits per heavy atom. The minimum atomic E-state index is -0.497. The van der Waals surface area contributed by atoms with Gasteiger partial charge in [-0.25, -0.2) is 4.79 Å². The summed E-state index contributed by atoms with van der Waals surface area (Å²) in [5.74, 6) is 0.298. The van der Waals surface area contributed by atoms with Crippen molar-refractivity contribution in [3.05, 3.63) is 40.6 Å². The first-order valence-corrected chi connectivity index (χ1v) is 5.80. The highest BCUT2D eigenvalue weighted by Gasteiger charge is 2.17. The Kier molecular flexibility index (Phi) is 3.43. The van der Waals surface area contributed by atoms with Crippen LogP contribution in [0.15, 0.2) is 22.7 Å². The molecule has 0 bridgehead atoms. The summed E-state index contributed by atoms with van der Waals surface area (Å²) in [7, 11) is 1.31. The molecule has 1 unspecified atom stereocenters. The Bertz CT molecular complexity index is 554. The molecule has 2 heterocycles. The van der Waals surface area contributed by atoms with Crippen LogP contribution >= 0.6 is 11.6 Å². The molecule has 0 aliphatic heterocycles. The molecule has 6 heteroatoms. The Balaban J connectivity index is 2.26. The van der Waals surface area contributed by atoms with E-state index in [2.05, 4.69) is 9.84 Å². The average Bonchev–Trinajstić information content (AvgIpc) is 2.96. The summed E-state index contributed by atoms with van der Waals surface area (Å²) < 4.78 is 11.7. The highest BCUT2D eigenvalue weighted by atomic mass is 35.5. The van der Waals surface area contributed by atoms with Gasteiger partial charge in [0.15, 0.2) is 0 Å². The van der Waals surface area contributed by atoms with Gasteiger partial charge in [-0.05, 0) is 26.0 Å². The third-order valence-electron chi connectivity index (χ3n) is 2.68. The minimum absolute atomic E-state index is 0.144. The van der Waals surface area contributed by atoms with E-state index in [1.54, 1.807) is 23.0 Å². The van der Waals surface area contributed by atoms with Gasteiger partial charge in [0, 0.05) is 6.20 Å². The fourth-order valence-corrected chi connectivity index (χ4v) is 1.71. The van der Waals surface area contributed by atoms with Gasteiger partial charge in [0.25, 0.3) is 0 Å². The molecule has 0 aliphatic rings. The van der Waals surface area contributed by atoms with E-state index < -0.39 is 5.97 Å². The average molecular weight is 269 g/mol. The van der Waals surface area contributed by atoms with E-state index in [-0.39, 0.29) is 11.8 Å². The zero-order valence-corrected chi connectivity index (χ0v) is 11.1. The number of hydrogen-bond donors (Lipinski definition) is 0. The van der Waals surface area contributed by atoms with E-state index in [4.69, 9.17) is 16.0 Å². The summed E-state index contributed by atoms with van der Waals surface area (Å²) in [5.41, 5.74) is 0.753. The molecule has 1 atom stereocenters. The number of rotatable bonds is 3. The molecule has 18 heavy (non-hydrogen) atoms. The van der Waals surface area contributed by atoms with E-state index in [9.17, 15) is 4.79 Å². The number of methoxy groups -OCH3 is 1. The molecule has 5 nitrogen and oxygen atoms in total. The predicted octanol–water partition coefficient (Wildman–Crippen LogP) is 2.83. The monoisotopic (exact) mass is 268 g/mol. The van der Waals surface area contributed by atoms with Gasteiger partial charge in [-0.3, -0.25) is 4.68 Å². The van der Waals surface area contributed by atoms with Gasteiger partial charge in [-0.1, -0.05) is 11.6 Å². The Morgan fingerprint density at radius 1 is 1.56 bits per heavy atom. The number of nitrogens with zero attached hydrogens (tertiary/aromatic N) is 2. The first-order valence-electron chi connectivity index (χ1n) is 5.42. The fraction of sp³-hybridized carbons (Fsp3) is 0.333. The molecule has 0 saturated carbocycles. The van der Waals surface area contributed by atoms with Gasteiger partial charge in [0.2, 0.25) is 5.76 Å². The first-order chi connectivity index (χ1) is 8.52. The van der Waals surface area contributed by atoms with Crippen molar-refractivity contribution in [1.82, 2.24) is 9.78 Å². The Labute approximate surface area is 109 Å². The topological polar surface area (TPSA) is 57.3 Å². The number of hydrogen-bond acceptors (Lipinski definition) is 4. The lowest BCUT2D eigenvalue weighted by molar-refractivity contribution is 0.0562. The maximum absolute atomic E-state index is 11.3. The van der Waals surface area contributed by atoms with Crippen LogP contribution in [0.3, 0.4) is 0 Å². The molecule has 0 radical (unpaired) electrons. The summed E-state index contributed by atoms with van der Waals surface area (Å²) in [5, 5.41) is 4.87. The van der Waals surface area contributed by atoms with Crippen molar-refractivity contribution in [3.8, 4) is 0 Å². The van der Waals surface area contributed by atoms with Gasteiger partial charge in [0.05, 0.1) is 17.8 Å². The number of aromatic nitrogens is 2. The lowest BCUT2D eigenvalue weighted by Crippen LogP contribution is -2.06. The van der Waals surface area contributed by atoms with Crippen LogP contribution in [0, 0.1) is 6.92 Å². The quantitative estimate of drug-likeness (QED) is 0.803. The van der Waals surface area contributed by atoms with E-state index in [0.29, 0.717) is 10.8 Å². The number of furan rings is 1. The van der Waals surface area contributed by atoms with Gasteiger partial charge < -0.3 is 9.15 Å². The number of carbonyl (C=O) groups excluding carboxylic acids is 1. The Hall–Kier alpha value is -1.75. The normalized spacial score (nSPS) is 12.4. The lowest BCUT2D eigenvalue weighted by atomic mass is 10.2. The van der Waals surface area contributed by atoms with Crippen molar-refractivity contribution in [2.75, 3.05) is 7.11 Å².